The third-order valence-electron chi connectivity index (χ3n) is 10.7. The van der Waals surface area contributed by atoms with E-state index >= 15 is 0 Å². The van der Waals surface area contributed by atoms with Crippen LogP contribution in [0.1, 0.15) is 0 Å². The molecule has 0 bridgehead atoms. The first-order valence-electron chi connectivity index (χ1n) is 18.9. The highest BCUT2D eigenvalue weighted by Crippen LogP contribution is 2.43. The zero-order valence-corrected chi connectivity index (χ0v) is 30.3. The van der Waals surface area contributed by atoms with Gasteiger partial charge in [0.1, 0.15) is 0 Å². The third-order valence-corrected chi connectivity index (χ3v) is 10.7. The number of fused-ring (bicyclic) bond motifs is 6. The molecule has 0 aliphatic rings. The minimum atomic E-state index is 0.616. The van der Waals surface area contributed by atoms with E-state index in [0.29, 0.717) is 17.5 Å². The SMILES string of the molecule is c1ccc(-c2nc(-c3ccccc3)nc(-c3cc(-c4ccc5c6ccccc6n(-c6ccccc6)c5c4)c4c5ccccc5n(-c5ccccc5)c4c3)n2)cc1. The van der Waals surface area contributed by atoms with Crippen LogP contribution < -0.4 is 0 Å². The van der Waals surface area contributed by atoms with Crippen molar-refractivity contribution in [3.05, 3.63) is 200 Å². The maximum atomic E-state index is 5.19. The van der Waals surface area contributed by atoms with Gasteiger partial charge in [0.05, 0.1) is 22.1 Å². The first kappa shape index (κ1) is 31.9. The van der Waals surface area contributed by atoms with Gasteiger partial charge in [-0.1, -0.05) is 146 Å². The van der Waals surface area contributed by atoms with Crippen LogP contribution in [0.4, 0.5) is 0 Å². The van der Waals surface area contributed by atoms with Crippen molar-refractivity contribution < 1.29 is 0 Å². The molecule has 8 aromatic carbocycles. The molecule has 0 saturated heterocycles. The summed E-state index contributed by atoms with van der Waals surface area (Å²) in [5, 5.41) is 4.80. The van der Waals surface area contributed by atoms with Crippen LogP contribution >= 0.6 is 0 Å². The molecule has 5 nitrogen and oxygen atoms in total. The Balaban J connectivity index is 1.25. The molecule has 0 spiro atoms. The third kappa shape index (κ3) is 5.21. The van der Waals surface area contributed by atoms with E-state index in [1.54, 1.807) is 0 Å². The van der Waals surface area contributed by atoms with E-state index in [2.05, 4.69) is 173 Å². The molecule has 5 heteroatoms. The fourth-order valence-electron chi connectivity index (χ4n) is 8.24. The van der Waals surface area contributed by atoms with Crippen LogP contribution in [0.25, 0.3) is 100 Å². The average Bonchev–Trinajstić information content (AvgIpc) is 3.80. The van der Waals surface area contributed by atoms with Crippen molar-refractivity contribution in [3.63, 3.8) is 0 Å². The lowest BCUT2D eigenvalue weighted by Crippen LogP contribution is -2.01. The number of hydrogen-bond acceptors (Lipinski definition) is 3. The number of para-hydroxylation sites is 4. The van der Waals surface area contributed by atoms with E-state index in [0.717, 1.165) is 55.7 Å². The normalized spacial score (nSPS) is 11.6. The lowest BCUT2D eigenvalue weighted by molar-refractivity contribution is 1.07. The second-order valence-electron chi connectivity index (χ2n) is 14.1. The second kappa shape index (κ2) is 13.0. The minimum Gasteiger partial charge on any atom is -0.309 e. The summed E-state index contributed by atoms with van der Waals surface area (Å²) < 4.78 is 4.75. The summed E-state index contributed by atoms with van der Waals surface area (Å²) in [6.07, 6.45) is 0. The van der Waals surface area contributed by atoms with Crippen molar-refractivity contribution in [2.24, 2.45) is 0 Å². The molecule has 0 aliphatic carbocycles. The molecule has 0 amide bonds. The average molecular weight is 716 g/mol. The predicted molar refractivity (Wildman–Crippen MR) is 230 cm³/mol. The van der Waals surface area contributed by atoms with E-state index in [4.69, 9.17) is 15.0 Å². The number of hydrogen-bond donors (Lipinski definition) is 0. The van der Waals surface area contributed by atoms with E-state index in [1.165, 1.54) is 27.1 Å². The van der Waals surface area contributed by atoms with Gasteiger partial charge in [0.25, 0.3) is 0 Å². The van der Waals surface area contributed by atoms with Gasteiger partial charge in [0.15, 0.2) is 17.5 Å². The van der Waals surface area contributed by atoms with Gasteiger partial charge in [-0.15, -0.1) is 0 Å². The maximum Gasteiger partial charge on any atom is 0.164 e. The molecule has 0 saturated carbocycles. The maximum absolute atomic E-state index is 5.19. The number of benzene rings is 8. The Morgan fingerprint density at radius 1 is 0.286 bits per heavy atom. The number of nitrogens with zero attached hydrogens (tertiary/aromatic N) is 5. The largest absolute Gasteiger partial charge is 0.309 e. The van der Waals surface area contributed by atoms with Crippen LogP contribution in [0.3, 0.4) is 0 Å². The quantitative estimate of drug-likeness (QED) is 0.172. The molecule has 11 aromatic rings. The van der Waals surface area contributed by atoms with Gasteiger partial charge in [-0.05, 0) is 65.7 Å². The van der Waals surface area contributed by atoms with Gasteiger partial charge in [-0.25, -0.2) is 15.0 Å². The first-order valence-corrected chi connectivity index (χ1v) is 18.9. The molecule has 0 atom stereocenters. The molecule has 0 radical (unpaired) electrons. The Morgan fingerprint density at radius 3 is 1.30 bits per heavy atom. The van der Waals surface area contributed by atoms with Crippen molar-refractivity contribution in [2.75, 3.05) is 0 Å². The summed E-state index contributed by atoms with van der Waals surface area (Å²) >= 11 is 0. The molecule has 0 fully saturated rings. The molecule has 56 heavy (non-hydrogen) atoms. The van der Waals surface area contributed by atoms with E-state index < -0.39 is 0 Å². The monoisotopic (exact) mass is 715 g/mol. The van der Waals surface area contributed by atoms with Crippen LogP contribution in [-0.2, 0) is 0 Å². The highest BCUT2D eigenvalue weighted by molar-refractivity contribution is 6.18. The predicted octanol–water partition coefficient (Wildman–Crippen LogP) is 12.7. The Hall–Kier alpha value is -7.63. The van der Waals surface area contributed by atoms with Crippen LogP contribution in [0.15, 0.2) is 200 Å². The standard InChI is InChI=1S/C51H33N5/c1-5-17-34(18-6-1)49-52-50(35-19-7-2-8-20-35)54-51(53-49)37-31-43(48-42-26-14-16-28-45(42)56(47(48)33-37)39-23-11-4-12-24-39)36-29-30-41-40-25-13-15-27-44(40)55(46(41)32-36)38-21-9-3-10-22-38/h1-33H. The number of rotatable bonds is 6. The van der Waals surface area contributed by atoms with Crippen molar-refractivity contribution in [1.82, 2.24) is 24.1 Å². The molecule has 0 N–H and O–H groups in total. The fourth-order valence-corrected chi connectivity index (χ4v) is 8.24. The Morgan fingerprint density at radius 2 is 0.714 bits per heavy atom. The van der Waals surface area contributed by atoms with Crippen molar-refractivity contribution >= 4 is 43.6 Å². The fraction of sp³-hybridized carbons (Fsp3) is 0. The van der Waals surface area contributed by atoms with E-state index in [-0.39, 0.29) is 0 Å². The summed E-state index contributed by atoms with van der Waals surface area (Å²) in [6.45, 7) is 0. The smallest absolute Gasteiger partial charge is 0.164 e. The van der Waals surface area contributed by atoms with Crippen molar-refractivity contribution in [1.29, 1.82) is 0 Å². The van der Waals surface area contributed by atoms with Gasteiger partial charge in [0.2, 0.25) is 0 Å². The minimum absolute atomic E-state index is 0.616. The highest BCUT2D eigenvalue weighted by Gasteiger charge is 2.22. The van der Waals surface area contributed by atoms with Gasteiger partial charge >= 0.3 is 0 Å². The second-order valence-corrected chi connectivity index (χ2v) is 14.1. The summed E-state index contributed by atoms with van der Waals surface area (Å²) in [7, 11) is 0. The van der Waals surface area contributed by atoms with Gasteiger partial charge in [-0.2, -0.15) is 0 Å². The zero-order valence-electron chi connectivity index (χ0n) is 30.3. The van der Waals surface area contributed by atoms with Crippen molar-refractivity contribution in [3.8, 4) is 56.7 Å². The lowest BCUT2D eigenvalue weighted by atomic mass is 9.95. The first-order chi connectivity index (χ1) is 27.8. The summed E-state index contributed by atoms with van der Waals surface area (Å²) in [4.78, 5) is 15.4. The van der Waals surface area contributed by atoms with Crippen molar-refractivity contribution in [2.45, 2.75) is 0 Å². The Kier molecular flexibility index (Phi) is 7.42. The summed E-state index contributed by atoms with van der Waals surface area (Å²) in [5.41, 5.74) is 11.8. The summed E-state index contributed by atoms with van der Waals surface area (Å²) in [5.74, 6) is 1.88. The van der Waals surface area contributed by atoms with Gasteiger partial charge < -0.3 is 9.13 Å². The molecule has 3 aromatic heterocycles. The number of aromatic nitrogens is 5. The van der Waals surface area contributed by atoms with Gasteiger partial charge in [0, 0.05) is 49.6 Å². The molecular weight excluding hydrogens is 683 g/mol. The van der Waals surface area contributed by atoms with Crippen LogP contribution in [-0.4, -0.2) is 24.1 Å². The molecule has 11 rings (SSSR count). The molecule has 0 unspecified atom stereocenters. The lowest BCUT2D eigenvalue weighted by Gasteiger charge is -2.14. The topological polar surface area (TPSA) is 48.5 Å². The van der Waals surface area contributed by atoms with Gasteiger partial charge in [-0.3, -0.25) is 0 Å². The summed E-state index contributed by atoms with van der Waals surface area (Å²) in [6, 6.07) is 70.4. The Labute approximate surface area is 323 Å². The zero-order chi connectivity index (χ0) is 37.0. The Bertz CT molecular complexity index is 3160. The molecule has 262 valence electrons. The molecule has 0 aliphatic heterocycles. The molecular formula is C51H33N5. The highest BCUT2D eigenvalue weighted by atomic mass is 15.0. The molecule has 3 heterocycles. The van der Waals surface area contributed by atoms with E-state index in [9.17, 15) is 0 Å². The van der Waals surface area contributed by atoms with Crippen LogP contribution in [0.5, 0.6) is 0 Å². The van der Waals surface area contributed by atoms with Crippen LogP contribution in [0, 0.1) is 0 Å². The van der Waals surface area contributed by atoms with E-state index in [1.807, 2.05) is 36.4 Å². The van der Waals surface area contributed by atoms with Crippen LogP contribution in [0.2, 0.25) is 0 Å².